The summed E-state index contributed by atoms with van der Waals surface area (Å²) in [5.74, 6) is 0.444. The van der Waals surface area contributed by atoms with E-state index in [1.165, 1.54) is 6.07 Å². The number of halogens is 1. The smallest absolute Gasteiger partial charge is 0.231 e. The molecule has 1 aliphatic carbocycles. The third-order valence-electron chi connectivity index (χ3n) is 3.76. The zero-order chi connectivity index (χ0) is 11.9. The molecule has 2 aliphatic rings. The topological polar surface area (TPSA) is 29.1 Å². The molecule has 0 bridgehead atoms. The molecule has 3 rings (SSSR count). The van der Waals surface area contributed by atoms with Crippen LogP contribution < -0.4 is 5.32 Å². The molecule has 0 radical (unpaired) electrons. The molecule has 0 atom stereocenters. The van der Waals surface area contributed by atoms with Crippen molar-refractivity contribution in [2.24, 2.45) is 5.41 Å². The Balaban J connectivity index is 1.99. The zero-order valence-electron chi connectivity index (χ0n) is 9.46. The van der Waals surface area contributed by atoms with Crippen LogP contribution in [0.1, 0.15) is 25.7 Å². The van der Waals surface area contributed by atoms with Crippen molar-refractivity contribution in [2.45, 2.75) is 30.6 Å². The molecular formula is C13H14FNOS. The average Bonchev–Trinajstić information content (AvgIpc) is 2.74. The normalized spacial score (nSPS) is 22.1. The summed E-state index contributed by atoms with van der Waals surface area (Å²) in [7, 11) is 0. The number of benzene rings is 1. The summed E-state index contributed by atoms with van der Waals surface area (Å²) in [4.78, 5) is 13.1. The summed E-state index contributed by atoms with van der Waals surface area (Å²) in [6.07, 6.45) is 4.07. The fourth-order valence-corrected chi connectivity index (χ4v) is 4.02. The summed E-state index contributed by atoms with van der Waals surface area (Å²) in [5, 5.41) is 2.79. The first kappa shape index (κ1) is 11.1. The van der Waals surface area contributed by atoms with Gasteiger partial charge in [-0.3, -0.25) is 4.79 Å². The molecule has 90 valence electrons. The van der Waals surface area contributed by atoms with Crippen LogP contribution in [-0.2, 0) is 4.79 Å². The van der Waals surface area contributed by atoms with Crippen molar-refractivity contribution in [1.29, 1.82) is 0 Å². The van der Waals surface area contributed by atoms with E-state index in [0.29, 0.717) is 5.69 Å². The van der Waals surface area contributed by atoms with Crippen molar-refractivity contribution in [1.82, 2.24) is 0 Å². The molecule has 1 fully saturated rings. The van der Waals surface area contributed by atoms with Gasteiger partial charge in [0.2, 0.25) is 5.91 Å². The second kappa shape index (κ2) is 4.02. The third-order valence-corrected chi connectivity index (χ3v) is 5.11. The van der Waals surface area contributed by atoms with Gasteiger partial charge in [0, 0.05) is 10.6 Å². The summed E-state index contributed by atoms with van der Waals surface area (Å²) in [6, 6.07) is 4.96. The van der Waals surface area contributed by atoms with Gasteiger partial charge in [-0.25, -0.2) is 4.39 Å². The Kier molecular flexibility index (Phi) is 2.62. The Morgan fingerprint density at radius 2 is 2.06 bits per heavy atom. The highest BCUT2D eigenvalue weighted by Crippen LogP contribution is 2.47. The number of carbonyl (C=O) groups excluding carboxylic acids is 1. The molecule has 0 unspecified atom stereocenters. The summed E-state index contributed by atoms with van der Waals surface area (Å²) >= 11 is 1.60. The molecule has 1 N–H and O–H groups in total. The number of amides is 1. The van der Waals surface area contributed by atoms with Crippen molar-refractivity contribution in [3.8, 4) is 0 Å². The molecule has 1 heterocycles. The van der Waals surface area contributed by atoms with Crippen LogP contribution in [0.2, 0.25) is 0 Å². The van der Waals surface area contributed by atoms with Gasteiger partial charge in [-0.2, -0.15) is 0 Å². The highest BCUT2D eigenvalue weighted by molar-refractivity contribution is 7.99. The highest BCUT2D eigenvalue weighted by Gasteiger charge is 2.43. The van der Waals surface area contributed by atoms with E-state index in [1.807, 2.05) is 6.07 Å². The highest BCUT2D eigenvalue weighted by atomic mass is 32.2. The number of hydrogen-bond acceptors (Lipinski definition) is 2. The summed E-state index contributed by atoms with van der Waals surface area (Å²) in [5.41, 5.74) is 0.0992. The Bertz CT molecular complexity index is 468. The van der Waals surface area contributed by atoms with Gasteiger partial charge >= 0.3 is 0 Å². The van der Waals surface area contributed by atoms with Crippen LogP contribution in [0.5, 0.6) is 0 Å². The van der Waals surface area contributed by atoms with E-state index in [2.05, 4.69) is 5.32 Å². The zero-order valence-corrected chi connectivity index (χ0v) is 10.3. The molecule has 17 heavy (non-hydrogen) atoms. The number of para-hydroxylation sites is 1. The number of carbonyl (C=O) groups is 1. The largest absolute Gasteiger partial charge is 0.322 e. The van der Waals surface area contributed by atoms with E-state index in [0.717, 1.165) is 36.3 Å². The average molecular weight is 251 g/mol. The second-order valence-corrected chi connectivity index (χ2v) is 5.86. The quantitative estimate of drug-likeness (QED) is 0.765. The molecule has 0 saturated heterocycles. The van der Waals surface area contributed by atoms with Crippen LogP contribution in [0.25, 0.3) is 0 Å². The first-order chi connectivity index (χ1) is 8.21. The van der Waals surface area contributed by atoms with Crippen LogP contribution in [0, 0.1) is 11.2 Å². The Morgan fingerprint density at radius 3 is 2.82 bits per heavy atom. The molecule has 4 heteroatoms. The van der Waals surface area contributed by atoms with E-state index in [-0.39, 0.29) is 17.1 Å². The van der Waals surface area contributed by atoms with Crippen molar-refractivity contribution < 1.29 is 9.18 Å². The predicted octanol–water partition coefficient (Wildman–Crippen LogP) is 3.43. The van der Waals surface area contributed by atoms with Gasteiger partial charge in [0.05, 0.1) is 11.1 Å². The Labute approximate surface area is 104 Å². The van der Waals surface area contributed by atoms with Gasteiger partial charge in [-0.15, -0.1) is 11.8 Å². The standard InChI is InChI=1S/C13H14FNOS/c14-9-4-3-5-10-11(9)15-12(16)13(8-17-10)6-1-2-7-13/h3-5H,1-2,6-8H2,(H,15,16). The molecule has 1 aromatic carbocycles. The number of hydrogen-bond donors (Lipinski definition) is 1. The molecular weight excluding hydrogens is 237 g/mol. The van der Waals surface area contributed by atoms with Crippen molar-refractivity contribution in [3.63, 3.8) is 0 Å². The molecule has 1 aromatic rings. The van der Waals surface area contributed by atoms with Gasteiger partial charge < -0.3 is 5.32 Å². The monoisotopic (exact) mass is 251 g/mol. The number of anilines is 1. The molecule has 0 aromatic heterocycles. The lowest BCUT2D eigenvalue weighted by molar-refractivity contribution is -0.124. The summed E-state index contributed by atoms with van der Waals surface area (Å²) < 4.78 is 13.7. The minimum atomic E-state index is -0.335. The van der Waals surface area contributed by atoms with Crippen molar-refractivity contribution >= 4 is 23.4 Å². The Hall–Kier alpha value is -1.03. The van der Waals surface area contributed by atoms with Crippen LogP contribution in [-0.4, -0.2) is 11.7 Å². The van der Waals surface area contributed by atoms with E-state index >= 15 is 0 Å². The number of nitrogens with one attached hydrogen (secondary N) is 1. The van der Waals surface area contributed by atoms with Crippen LogP contribution in [0.3, 0.4) is 0 Å². The molecule has 1 aliphatic heterocycles. The van der Waals surface area contributed by atoms with Crippen molar-refractivity contribution in [2.75, 3.05) is 11.1 Å². The third kappa shape index (κ3) is 1.75. The van der Waals surface area contributed by atoms with Crippen LogP contribution >= 0.6 is 11.8 Å². The first-order valence-corrected chi connectivity index (χ1v) is 6.93. The maximum absolute atomic E-state index is 13.7. The molecule has 1 amide bonds. The number of fused-ring (bicyclic) bond motifs is 1. The Morgan fingerprint density at radius 1 is 1.29 bits per heavy atom. The van der Waals surface area contributed by atoms with Gasteiger partial charge in [-0.05, 0) is 25.0 Å². The predicted molar refractivity (Wildman–Crippen MR) is 66.7 cm³/mol. The SMILES string of the molecule is O=C1Nc2c(F)cccc2SCC12CCCC2. The summed E-state index contributed by atoms with van der Waals surface area (Å²) in [6.45, 7) is 0. The maximum Gasteiger partial charge on any atom is 0.231 e. The van der Waals surface area contributed by atoms with E-state index in [4.69, 9.17) is 0 Å². The van der Waals surface area contributed by atoms with E-state index in [9.17, 15) is 9.18 Å². The fraction of sp³-hybridized carbons (Fsp3) is 0.462. The lowest BCUT2D eigenvalue weighted by atomic mass is 9.87. The lowest BCUT2D eigenvalue weighted by Crippen LogP contribution is -2.34. The number of thioether (sulfide) groups is 1. The van der Waals surface area contributed by atoms with Crippen LogP contribution in [0.4, 0.5) is 10.1 Å². The second-order valence-electron chi connectivity index (χ2n) is 4.84. The minimum absolute atomic E-state index is 0.00588. The molecule has 2 nitrogen and oxygen atoms in total. The van der Waals surface area contributed by atoms with Gasteiger partial charge in [0.1, 0.15) is 5.82 Å². The number of rotatable bonds is 0. The molecule has 1 saturated carbocycles. The minimum Gasteiger partial charge on any atom is -0.322 e. The van der Waals surface area contributed by atoms with Gasteiger partial charge in [0.25, 0.3) is 0 Å². The fourth-order valence-electron chi connectivity index (χ4n) is 2.70. The lowest BCUT2D eigenvalue weighted by Gasteiger charge is -2.24. The van der Waals surface area contributed by atoms with Gasteiger partial charge in [0.15, 0.2) is 0 Å². The van der Waals surface area contributed by atoms with E-state index < -0.39 is 0 Å². The van der Waals surface area contributed by atoms with E-state index in [1.54, 1.807) is 17.8 Å². The van der Waals surface area contributed by atoms with Crippen molar-refractivity contribution in [3.05, 3.63) is 24.0 Å². The maximum atomic E-state index is 13.7. The van der Waals surface area contributed by atoms with Gasteiger partial charge in [-0.1, -0.05) is 18.9 Å². The first-order valence-electron chi connectivity index (χ1n) is 5.94. The van der Waals surface area contributed by atoms with Crippen LogP contribution in [0.15, 0.2) is 23.1 Å². The molecule has 1 spiro atoms.